The number of hydrogen-bond donors (Lipinski definition) is 2. The fourth-order valence-corrected chi connectivity index (χ4v) is 2.69. The van der Waals surface area contributed by atoms with Crippen LogP contribution in [0.4, 0.5) is 10.1 Å². The number of aromatic nitrogens is 2. The molecule has 2 N–H and O–H groups in total. The highest BCUT2D eigenvalue weighted by Crippen LogP contribution is 2.16. The van der Waals surface area contributed by atoms with Crippen LogP contribution in [0.15, 0.2) is 59.4 Å². The molecule has 8 nitrogen and oxygen atoms in total. The Hall–Kier alpha value is -4.01. The SMILES string of the molecule is CNC(=O)c1cc(NC(=O)c2ccc(=O)n(Cc3ccc(OC)cc3)n2)ccc1F. The Labute approximate surface area is 171 Å². The van der Waals surface area contributed by atoms with E-state index in [0.29, 0.717) is 5.75 Å². The third kappa shape index (κ3) is 4.69. The molecule has 0 radical (unpaired) electrons. The lowest BCUT2D eigenvalue weighted by atomic mass is 10.1. The van der Waals surface area contributed by atoms with Gasteiger partial charge in [0.2, 0.25) is 0 Å². The first-order valence-corrected chi connectivity index (χ1v) is 8.95. The van der Waals surface area contributed by atoms with Crippen LogP contribution < -0.4 is 20.9 Å². The van der Waals surface area contributed by atoms with Crippen molar-refractivity contribution in [3.8, 4) is 5.75 Å². The molecule has 9 heteroatoms. The van der Waals surface area contributed by atoms with Crippen molar-refractivity contribution in [2.75, 3.05) is 19.5 Å². The number of anilines is 1. The molecule has 1 heterocycles. The molecule has 2 aromatic carbocycles. The van der Waals surface area contributed by atoms with Crippen LogP contribution in [0, 0.1) is 5.82 Å². The maximum Gasteiger partial charge on any atom is 0.276 e. The number of methoxy groups -OCH3 is 1. The second-order valence-electron chi connectivity index (χ2n) is 6.29. The van der Waals surface area contributed by atoms with E-state index in [9.17, 15) is 18.8 Å². The van der Waals surface area contributed by atoms with Gasteiger partial charge in [0, 0.05) is 18.8 Å². The van der Waals surface area contributed by atoms with Gasteiger partial charge in [-0.05, 0) is 42.0 Å². The van der Waals surface area contributed by atoms with Crippen LogP contribution in [0.5, 0.6) is 5.75 Å². The van der Waals surface area contributed by atoms with E-state index in [4.69, 9.17) is 4.74 Å². The predicted octanol–water partition coefficient (Wildman–Crippen LogP) is 2.05. The first kappa shape index (κ1) is 20.7. The minimum Gasteiger partial charge on any atom is -0.497 e. The highest BCUT2D eigenvalue weighted by Gasteiger charge is 2.14. The van der Waals surface area contributed by atoms with E-state index in [1.807, 2.05) is 0 Å². The lowest BCUT2D eigenvalue weighted by Gasteiger charge is -2.10. The quantitative estimate of drug-likeness (QED) is 0.648. The van der Waals surface area contributed by atoms with Crippen LogP contribution in [0.3, 0.4) is 0 Å². The molecule has 0 spiro atoms. The van der Waals surface area contributed by atoms with Crippen molar-refractivity contribution < 1.29 is 18.7 Å². The Morgan fingerprint density at radius 1 is 1.07 bits per heavy atom. The number of carbonyl (C=O) groups is 2. The first-order chi connectivity index (χ1) is 14.4. The lowest BCUT2D eigenvalue weighted by molar-refractivity contribution is 0.0957. The molecule has 0 saturated carbocycles. The van der Waals surface area contributed by atoms with E-state index in [0.717, 1.165) is 16.3 Å². The molecule has 0 aliphatic rings. The van der Waals surface area contributed by atoms with Gasteiger partial charge in [-0.1, -0.05) is 12.1 Å². The molecule has 154 valence electrons. The van der Waals surface area contributed by atoms with Gasteiger partial charge < -0.3 is 15.4 Å². The molecular formula is C21H19FN4O4. The Kier molecular flexibility index (Phi) is 6.21. The summed E-state index contributed by atoms with van der Waals surface area (Å²) in [5.74, 6) is -1.25. The number of benzene rings is 2. The Bertz CT molecular complexity index is 1140. The minimum absolute atomic E-state index is 0.00562. The van der Waals surface area contributed by atoms with E-state index in [1.165, 1.54) is 31.3 Å². The standard InChI is InChI=1S/C21H19FN4O4/c1-23-20(28)16-11-14(5-8-17(16)22)24-21(29)18-9-10-19(27)26(25-18)12-13-3-6-15(30-2)7-4-13/h3-11H,12H2,1-2H3,(H,23,28)(H,24,29). The fourth-order valence-electron chi connectivity index (χ4n) is 2.69. The fraction of sp³-hybridized carbons (Fsp3) is 0.143. The van der Waals surface area contributed by atoms with E-state index >= 15 is 0 Å². The molecule has 2 amide bonds. The first-order valence-electron chi connectivity index (χ1n) is 8.95. The molecule has 0 saturated heterocycles. The number of halogens is 1. The molecule has 0 atom stereocenters. The lowest BCUT2D eigenvalue weighted by Crippen LogP contribution is -2.26. The molecule has 0 aliphatic carbocycles. The van der Waals surface area contributed by atoms with Gasteiger partial charge in [-0.2, -0.15) is 5.10 Å². The topological polar surface area (TPSA) is 102 Å². The summed E-state index contributed by atoms with van der Waals surface area (Å²) in [6.07, 6.45) is 0. The van der Waals surface area contributed by atoms with Gasteiger partial charge in [-0.25, -0.2) is 9.07 Å². The third-order valence-corrected chi connectivity index (χ3v) is 4.29. The molecule has 0 fully saturated rings. The molecule has 0 aliphatic heterocycles. The molecular weight excluding hydrogens is 391 g/mol. The molecule has 0 bridgehead atoms. The second-order valence-corrected chi connectivity index (χ2v) is 6.29. The van der Waals surface area contributed by atoms with Crippen LogP contribution in [-0.4, -0.2) is 35.8 Å². The monoisotopic (exact) mass is 410 g/mol. The van der Waals surface area contributed by atoms with Crippen molar-refractivity contribution in [1.29, 1.82) is 0 Å². The summed E-state index contributed by atoms with van der Waals surface area (Å²) < 4.78 is 20.1. The van der Waals surface area contributed by atoms with Crippen LogP contribution in [0.1, 0.15) is 26.4 Å². The summed E-state index contributed by atoms with van der Waals surface area (Å²) in [7, 11) is 2.94. The Morgan fingerprint density at radius 2 is 1.80 bits per heavy atom. The van der Waals surface area contributed by atoms with E-state index in [1.54, 1.807) is 31.4 Å². The van der Waals surface area contributed by atoms with Crippen LogP contribution >= 0.6 is 0 Å². The summed E-state index contributed by atoms with van der Waals surface area (Å²) in [4.78, 5) is 36.4. The maximum atomic E-state index is 13.8. The second kappa shape index (κ2) is 8.99. The van der Waals surface area contributed by atoms with E-state index in [-0.39, 0.29) is 29.0 Å². The molecule has 3 rings (SSSR count). The highest BCUT2D eigenvalue weighted by molar-refractivity contribution is 6.03. The van der Waals surface area contributed by atoms with Crippen LogP contribution in [0.25, 0.3) is 0 Å². The number of nitrogens with zero attached hydrogens (tertiary/aromatic N) is 2. The van der Waals surface area contributed by atoms with E-state index < -0.39 is 17.6 Å². The average Bonchev–Trinajstić information content (AvgIpc) is 2.76. The van der Waals surface area contributed by atoms with E-state index in [2.05, 4.69) is 15.7 Å². The number of ether oxygens (including phenoxy) is 1. The Balaban J connectivity index is 1.80. The minimum atomic E-state index is -0.710. The summed E-state index contributed by atoms with van der Waals surface area (Å²) >= 11 is 0. The largest absolute Gasteiger partial charge is 0.497 e. The van der Waals surface area contributed by atoms with Gasteiger partial charge in [0.25, 0.3) is 17.4 Å². The van der Waals surface area contributed by atoms with Gasteiger partial charge in [0.15, 0.2) is 0 Å². The van der Waals surface area contributed by atoms with Crippen molar-refractivity contribution >= 4 is 17.5 Å². The molecule has 1 aromatic heterocycles. The number of nitrogens with one attached hydrogen (secondary N) is 2. The summed E-state index contributed by atoms with van der Waals surface area (Å²) in [5.41, 5.74) is 0.444. The molecule has 3 aromatic rings. The Morgan fingerprint density at radius 3 is 2.47 bits per heavy atom. The summed E-state index contributed by atoms with van der Waals surface area (Å²) in [6.45, 7) is 0.168. The number of rotatable bonds is 6. The van der Waals surface area contributed by atoms with Crippen molar-refractivity contribution in [3.63, 3.8) is 0 Å². The normalized spacial score (nSPS) is 10.4. The van der Waals surface area contributed by atoms with Crippen molar-refractivity contribution in [2.45, 2.75) is 6.54 Å². The van der Waals surface area contributed by atoms with Gasteiger partial charge in [-0.3, -0.25) is 14.4 Å². The molecule has 0 unspecified atom stereocenters. The number of hydrogen-bond acceptors (Lipinski definition) is 5. The number of carbonyl (C=O) groups excluding carboxylic acids is 2. The zero-order chi connectivity index (χ0) is 21.7. The average molecular weight is 410 g/mol. The van der Waals surface area contributed by atoms with Crippen LogP contribution in [0.2, 0.25) is 0 Å². The predicted molar refractivity (Wildman–Crippen MR) is 108 cm³/mol. The summed E-state index contributed by atoms with van der Waals surface area (Å²) in [5, 5.41) is 8.98. The van der Waals surface area contributed by atoms with Gasteiger partial charge in [-0.15, -0.1) is 0 Å². The third-order valence-electron chi connectivity index (χ3n) is 4.29. The smallest absolute Gasteiger partial charge is 0.276 e. The van der Waals surface area contributed by atoms with Crippen molar-refractivity contribution in [2.24, 2.45) is 0 Å². The van der Waals surface area contributed by atoms with Crippen molar-refractivity contribution in [3.05, 3.63) is 87.6 Å². The highest BCUT2D eigenvalue weighted by atomic mass is 19.1. The molecule has 30 heavy (non-hydrogen) atoms. The van der Waals surface area contributed by atoms with Gasteiger partial charge in [0.05, 0.1) is 19.2 Å². The van der Waals surface area contributed by atoms with Crippen LogP contribution in [-0.2, 0) is 6.54 Å². The van der Waals surface area contributed by atoms with Gasteiger partial charge in [0.1, 0.15) is 17.3 Å². The maximum absolute atomic E-state index is 13.8. The zero-order valence-corrected chi connectivity index (χ0v) is 16.3. The van der Waals surface area contributed by atoms with Gasteiger partial charge >= 0.3 is 0 Å². The van der Waals surface area contributed by atoms with Crippen molar-refractivity contribution in [1.82, 2.24) is 15.1 Å². The summed E-state index contributed by atoms with van der Waals surface area (Å²) in [6, 6.07) is 13.3. The number of amides is 2. The zero-order valence-electron chi connectivity index (χ0n) is 16.3.